The molecular weight excluding hydrogens is 234 g/mol. The third-order valence-electron chi connectivity index (χ3n) is 3.21. The normalized spacial score (nSPS) is 12.2. The average molecular weight is 249 g/mol. The highest BCUT2D eigenvalue weighted by atomic mass is 14.9. The van der Waals surface area contributed by atoms with Crippen LogP contribution in [0, 0.1) is 0 Å². The van der Waals surface area contributed by atoms with Gasteiger partial charge in [0.05, 0.1) is 12.2 Å². The lowest BCUT2D eigenvalue weighted by atomic mass is 9.89. The first kappa shape index (κ1) is 11.5. The van der Waals surface area contributed by atoms with Crippen LogP contribution in [0.25, 0.3) is 0 Å². The summed E-state index contributed by atoms with van der Waals surface area (Å²) >= 11 is 0. The number of nitrogens with two attached hydrogens (primary N) is 1. The molecule has 94 valence electrons. The molecule has 0 aliphatic heterocycles. The molecule has 0 fully saturated rings. The molecule has 1 unspecified atom stereocenters. The van der Waals surface area contributed by atoms with E-state index in [2.05, 4.69) is 28.2 Å². The Morgan fingerprint density at radius 3 is 2.42 bits per heavy atom. The molecule has 3 aromatic rings. The fourth-order valence-electron chi connectivity index (χ4n) is 2.36. The maximum Gasteiger partial charge on any atom is 0.0922 e. The standard InChI is InChI=1S/C16H15N3/c17-14-8-4-7-13(9-14)16(15-10-18-11-19-15)12-5-2-1-3-6-12/h1-11,16H,17H2,(H,18,19). The number of benzene rings is 2. The van der Waals surface area contributed by atoms with Gasteiger partial charge in [-0.3, -0.25) is 0 Å². The minimum Gasteiger partial charge on any atom is -0.399 e. The summed E-state index contributed by atoms with van der Waals surface area (Å²) in [7, 11) is 0. The maximum absolute atomic E-state index is 5.90. The number of rotatable bonds is 3. The van der Waals surface area contributed by atoms with Gasteiger partial charge in [0.25, 0.3) is 0 Å². The van der Waals surface area contributed by atoms with Gasteiger partial charge in [-0.25, -0.2) is 4.98 Å². The smallest absolute Gasteiger partial charge is 0.0922 e. The quantitative estimate of drug-likeness (QED) is 0.700. The molecule has 1 atom stereocenters. The second-order valence-electron chi connectivity index (χ2n) is 4.52. The summed E-state index contributed by atoms with van der Waals surface area (Å²) in [5, 5.41) is 0. The van der Waals surface area contributed by atoms with E-state index in [9.17, 15) is 0 Å². The molecule has 0 bridgehead atoms. The number of nitrogens with one attached hydrogen (secondary N) is 1. The van der Waals surface area contributed by atoms with Gasteiger partial charge in [-0.05, 0) is 23.3 Å². The molecule has 19 heavy (non-hydrogen) atoms. The molecule has 0 aliphatic carbocycles. The number of anilines is 1. The van der Waals surface area contributed by atoms with Gasteiger partial charge >= 0.3 is 0 Å². The Morgan fingerprint density at radius 1 is 0.947 bits per heavy atom. The van der Waals surface area contributed by atoms with E-state index in [1.807, 2.05) is 42.6 Å². The van der Waals surface area contributed by atoms with E-state index in [1.165, 1.54) is 5.56 Å². The van der Waals surface area contributed by atoms with Gasteiger partial charge in [0.1, 0.15) is 0 Å². The third-order valence-corrected chi connectivity index (χ3v) is 3.21. The maximum atomic E-state index is 5.90. The number of nitrogen functional groups attached to an aromatic ring is 1. The van der Waals surface area contributed by atoms with Crippen molar-refractivity contribution in [2.45, 2.75) is 5.92 Å². The summed E-state index contributed by atoms with van der Waals surface area (Å²) < 4.78 is 0. The van der Waals surface area contributed by atoms with Crippen molar-refractivity contribution in [2.75, 3.05) is 5.73 Å². The van der Waals surface area contributed by atoms with Crippen molar-refractivity contribution >= 4 is 5.69 Å². The van der Waals surface area contributed by atoms with E-state index in [1.54, 1.807) is 6.33 Å². The predicted octanol–water partition coefficient (Wildman–Crippen LogP) is 3.17. The molecule has 3 N–H and O–H groups in total. The molecule has 0 amide bonds. The number of imidazole rings is 1. The van der Waals surface area contributed by atoms with Gasteiger partial charge in [0.2, 0.25) is 0 Å². The Morgan fingerprint density at radius 2 is 1.74 bits per heavy atom. The summed E-state index contributed by atoms with van der Waals surface area (Å²) in [6.45, 7) is 0. The van der Waals surface area contributed by atoms with Crippen LogP contribution in [0.2, 0.25) is 0 Å². The minimum absolute atomic E-state index is 0.132. The molecule has 0 spiro atoms. The summed E-state index contributed by atoms with van der Waals surface area (Å²) in [6, 6.07) is 18.3. The number of hydrogen-bond acceptors (Lipinski definition) is 2. The van der Waals surface area contributed by atoms with Gasteiger partial charge < -0.3 is 10.7 Å². The zero-order chi connectivity index (χ0) is 13.1. The highest BCUT2D eigenvalue weighted by Crippen LogP contribution is 2.31. The number of hydrogen-bond donors (Lipinski definition) is 2. The van der Waals surface area contributed by atoms with Crippen LogP contribution >= 0.6 is 0 Å². The Kier molecular flexibility index (Phi) is 3.02. The van der Waals surface area contributed by atoms with E-state index in [4.69, 9.17) is 5.73 Å². The van der Waals surface area contributed by atoms with Crippen molar-refractivity contribution in [1.29, 1.82) is 0 Å². The van der Waals surface area contributed by atoms with Gasteiger partial charge in [-0.2, -0.15) is 0 Å². The number of H-pyrrole nitrogens is 1. The fourth-order valence-corrected chi connectivity index (χ4v) is 2.36. The van der Waals surface area contributed by atoms with Crippen molar-refractivity contribution in [3.05, 3.63) is 83.9 Å². The van der Waals surface area contributed by atoms with Crippen molar-refractivity contribution in [1.82, 2.24) is 9.97 Å². The molecule has 0 saturated heterocycles. The Hall–Kier alpha value is -2.55. The molecule has 3 nitrogen and oxygen atoms in total. The molecule has 3 rings (SSSR count). The van der Waals surface area contributed by atoms with E-state index >= 15 is 0 Å². The molecular formula is C16H15N3. The lowest BCUT2D eigenvalue weighted by molar-refractivity contribution is 0.934. The summed E-state index contributed by atoms with van der Waals surface area (Å²) in [4.78, 5) is 7.33. The molecule has 1 heterocycles. The van der Waals surface area contributed by atoms with Crippen molar-refractivity contribution in [3.8, 4) is 0 Å². The van der Waals surface area contributed by atoms with E-state index in [-0.39, 0.29) is 5.92 Å². The first-order chi connectivity index (χ1) is 9.34. The van der Waals surface area contributed by atoms with Crippen LogP contribution < -0.4 is 5.73 Å². The van der Waals surface area contributed by atoms with Crippen molar-refractivity contribution in [3.63, 3.8) is 0 Å². The van der Waals surface area contributed by atoms with Crippen LogP contribution in [-0.4, -0.2) is 9.97 Å². The zero-order valence-electron chi connectivity index (χ0n) is 10.5. The Labute approximate surface area is 112 Å². The van der Waals surface area contributed by atoms with Crippen LogP contribution in [0.5, 0.6) is 0 Å². The lowest BCUT2D eigenvalue weighted by Gasteiger charge is -2.17. The van der Waals surface area contributed by atoms with Crippen molar-refractivity contribution < 1.29 is 0 Å². The summed E-state index contributed by atoms with van der Waals surface area (Å²) in [5.74, 6) is 0.132. The van der Waals surface area contributed by atoms with Crippen LogP contribution in [0.15, 0.2) is 67.1 Å². The number of aromatic nitrogens is 2. The van der Waals surface area contributed by atoms with Crippen LogP contribution in [0.4, 0.5) is 5.69 Å². The fraction of sp³-hybridized carbons (Fsp3) is 0.0625. The monoisotopic (exact) mass is 249 g/mol. The third kappa shape index (κ3) is 2.36. The lowest BCUT2D eigenvalue weighted by Crippen LogP contribution is -2.04. The van der Waals surface area contributed by atoms with Crippen LogP contribution in [0.1, 0.15) is 22.7 Å². The predicted molar refractivity (Wildman–Crippen MR) is 76.8 cm³/mol. The first-order valence-electron chi connectivity index (χ1n) is 6.23. The van der Waals surface area contributed by atoms with E-state index in [0.29, 0.717) is 0 Å². The first-order valence-corrected chi connectivity index (χ1v) is 6.23. The molecule has 3 heteroatoms. The van der Waals surface area contributed by atoms with Crippen molar-refractivity contribution in [2.24, 2.45) is 0 Å². The summed E-state index contributed by atoms with van der Waals surface area (Å²) in [5.41, 5.74) is 10.1. The second-order valence-corrected chi connectivity index (χ2v) is 4.52. The second kappa shape index (κ2) is 4.98. The summed E-state index contributed by atoms with van der Waals surface area (Å²) in [6.07, 6.45) is 3.57. The highest BCUT2D eigenvalue weighted by Gasteiger charge is 2.17. The topological polar surface area (TPSA) is 54.7 Å². The SMILES string of the molecule is Nc1cccc(C(c2ccccc2)c2cnc[nH]2)c1. The Balaban J connectivity index is 2.12. The van der Waals surface area contributed by atoms with Gasteiger partial charge in [-0.15, -0.1) is 0 Å². The van der Waals surface area contributed by atoms with Gasteiger partial charge in [-0.1, -0.05) is 42.5 Å². The minimum atomic E-state index is 0.132. The van der Waals surface area contributed by atoms with Crippen LogP contribution in [-0.2, 0) is 0 Å². The van der Waals surface area contributed by atoms with Gasteiger partial charge in [0.15, 0.2) is 0 Å². The largest absolute Gasteiger partial charge is 0.399 e. The van der Waals surface area contributed by atoms with E-state index in [0.717, 1.165) is 16.9 Å². The van der Waals surface area contributed by atoms with Gasteiger partial charge in [0, 0.05) is 17.6 Å². The zero-order valence-corrected chi connectivity index (χ0v) is 10.5. The number of aromatic amines is 1. The Bertz CT molecular complexity index is 645. The molecule has 0 aliphatic rings. The molecule has 0 radical (unpaired) electrons. The van der Waals surface area contributed by atoms with Crippen LogP contribution in [0.3, 0.4) is 0 Å². The average Bonchev–Trinajstić information content (AvgIpc) is 2.94. The molecule has 2 aromatic carbocycles. The number of nitrogens with zero attached hydrogens (tertiary/aromatic N) is 1. The highest BCUT2D eigenvalue weighted by molar-refractivity contribution is 5.47. The van der Waals surface area contributed by atoms with E-state index < -0.39 is 0 Å². The molecule has 0 saturated carbocycles. The molecule has 1 aromatic heterocycles.